The van der Waals surface area contributed by atoms with Crippen molar-refractivity contribution in [2.45, 2.75) is 25.8 Å². The molecule has 0 spiro atoms. The number of hydrogen-bond acceptors (Lipinski definition) is 3. The van der Waals surface area contributed by atoms with Crippen molar-refractivity contribution >= 4 is 11.6 Å². The van der Waals surface area contributed by atoms with Crippen LogP contribution in [0.3, 0.4) is 0 Å². The molecule has 20 heavy (non-hydrogen) atoms. The first kappa shape index (κ1) is 13.4. The van der Waals surface area contributed by atoms with Crippen LogP contribution in [-0.4, -0.2) is 43.2 Å². The van der Waals surface area contributed by atoms with Crippen molar-refractivity contribution in [3.05, 3.63) is 29.8 Å². The maximum absolute atomic E-state index is 12.7. The predicted octanol–water partition coefficient (Wildman–Crippen LogP) is 1.91. The van der Waals surface area contributed by atoms with E-state index in [4.69, 9.17) is 4.74 Å². The molecule has 2 aliphatic rings. The van der Waals surface area contributed by atoms with Crippen LogP contribution in [0, 0.1) is 5.92 Å². The van der Waals surface area contributed by atoms with E-state index in [0.29, 0.717) is 5.92 Å². The Bertz CT molecular complexity index is 458. The van der Waals surface area contributed by atoms with Crippen molar-refractivity contribution in [2.75, 3.05) is 31.6 Å². The highest BCUT2D eigenvalue weighted by atomic mass is 16.5. The summed E-state index contributed by atoms with van der Waals surface area (Å²) in [4.78, 5) is 14.6. The Hall–Kier alpha value is -1.55. The zero-order valence-electron chi connectivity index (χ0n) is 12.0. The maximum Gasteiger partial charge on any atom is 0.245 e. The molecule has 1 fully saturated rings. The van der Waals surface area contributed by atoms with E-state index >= 15 is 0 Å². The van der Waals surface area contributed by atoms with E-state index in [1.807, 2.05) is 23.1 Å². The Balaban J connectivity index is 1.63. The lowest BCUT2D eigenvalue weighted by molar-refractivity contribution is -0.132. The molecule has 4 heteroatoms. The Labute approximate surface area is 120 Å². The molecule has 1 aromatic rings. The summed E-state index contributed by atoms with van der Waals surface area (Å²) < 4.78 is 5.40. The zero-order chi connectivity index (χ0) is 13.9. The van der Waals surface area contributed by atoms with Crippen LogP contribution in [-0.2, 0) is 16.0 Å². The minimum absolute atomic E-state index is 0.102. The van der Waals surface area contributed by atoms with Gasteiger partial charge < -0.3 is 15.0 Å². The summed E-state index contributed by atoms with van der Waals surface area (Å²) in [6.07, 6.45) is 1.87. The van der Waals surface area contributed by atoms with Gasteiger partial charge in [-0.15, -0.1) is 0 Å². The maximum atomic E-state index is 12.7. The molecule has 3 rings (SSSR count). The van der Waals surface area contributed by atoms with Crippen molar-refractivity contribution in [2.24, 2.45) is 5.92 Å². The molecule has 2 atom stereocenters. The van der Waals surface area contributed by atoms with Crippen molar-refractivity contribution in [3.63, 3.8) is 0 Å². The summed E-state index contributed by atoms with van der Waals surface area (Å²) in [5.74, 6) is 0.721. The number of hydrogen-bond donors (Lipinski definition) is 1. The predicted molar refractivity (Wildman–Crippen MR) is 78.7 cm³/mol. The highest BCUT2D eigenvalue weighted by molar-refractivity contribution is 5.87. The van der Waals surface area contributed by atoms with Gasteiger partial charge in [-0.3, -0.25) is 4.79 Å². The van der Waals surface area contributed by atoms with Crippen LogP contribution in [0.2, 0.25) is 0 Å². The summed E-state index contributed by atoms with van der Waals surface area (Å²) in [5.41, 5.74) is 2.34. The number of fused-ring (bicyclic) bond motifs is 1. The topological polar surface area (TPSA) is 41.6 Å². The van der Waals surface area contributed by atoms with Crippen molar-refractivity contribution in [1.82, 2.24) is 4.90 Å². The van der Waals surface area contributed by atoms with Gasteiger partial charge in [0.05, 0.1) is 6.61 Å². The lowest BCUT2D eigenvalue weighted by Crippen LogP contribution is -2.44. The molecule has 1 saturated heterocycles. The van der Waals surface area contributed by atoms with Gasteiger partial charge in [0, 0.05) is 37.7 Å². The summed E-state index contributed by atoms with van der Waals surface area (Å²) in [6, 6.07) is 8.07. The summed E-state index contributed by atoms with van der Waals surface area (Å²) >= 11 is 0. The van der Waals surface area contributed by atoms with Crippen LogP contribution >= 0.6 is 0 Å². The van der Waals surface area contributed by atoms with E-state index in [2.05, 4.69) is 18.3 Å². The van der Waals surface area contributed by atoms with Gasteiger partial charge >= 0.3 is 0 Å². The number of nitrogens with one attached hydrogen (secondary N) is 1. The minimum atomic E-state index is -0.102. The molecule has 4 nitrogen and oxygen atoms in total. The largest absolute Gasteiger partial charge is 0.381 e. The normalized spacial score (nSPS) is 24.2. The lowest BCUT2D eigenvalue weighted by atomic mass is 10.1. The second-order valence-corrected chi connectivity index (χ2v) is 5.66. The third-order valence-electron chi connectivity index (χ3n) is 4.27. The molecule has 2 heterocycles. The van der Waals surface area contributed by atoms with Crippen molar-refractivity contribution in [1.29, 1.82) is 0 Å². The number of benzene rings is 1. The second kappa shape index (κ2) is 5.83. The first-order valence-electron chi connectivity index (χ1n) is 7.49. The van der Waals surface area contributed by atoms with E-state index < -0.39 is 0 Å². The molecule has 1 N–H and O–H groups in total. The molecule has 2 aliphatic heterocycles. The summed E-state index contributed by atoms with van der Waals surface area (Å²) in [5, 5.41) is 3.35. The highest BCUT2D eigenvalue weighted by Gasteiger charge is 2.31. The number of carbonyl (C=O) groups is 1. The summed E-state index contributed by atoms with van der Waals surface area (Å²) in [6.45, 7) is 5.27. The number of ether oxygens (including phenoxy) is 1. The number of anilines is 1. The van der Waals surface area contributed by atoms with Gasteiger partial charge in [0.2, 0.25) is 5.91 Å². The minimum Gasteiger partial charge on any atom is -0.381 e. The number of amides is 1. The van der Waals surface area contributed by atoms with Crippen molar-refractivity contribution < 1.29 is 9.53 Å². The molecular weight excluding hydrogens is 252 g/mol. The van der Waals surface area contributed by atoms with E-state index in [9.17, 15) is 4.79 Å². The Kier molecular flexibility index (Phi) is 3.92. The number of para-hydroxylation sites is 1. The molecule has 0 aromatic heterocycles. The molecule has 2 unspecified atom stereocenters. The number of carbonyl (C=O) groups excluding carboxylic acids is 1. The fourth-order valence-corrected chi connectivity index (χ4v) is 3.08. The first-order valence-corrected chi connectivity index (χ1v) is 7.49. The zero-order valence-corrected chi connectivity index (χ0v) is 12.0. The van der Waals surface area contributed by atoms with Gasteiger partial charge in [-0.2, -0.15) is 0 Å². The molecule has 1 aromatic carbocycles. The molecule has 1 amide bonds. The van der Waals surface area contributed by atoms with Crippen LogP contribution in [0.25, 0.3) is 0 Å². The summed E-state index contributed by atoms with van der Waals surface area (Å²) in [7, 11) is 0. The standard InChI is InChI=1S/C16H22N2O2/c1-2-18(10-12-7-8-20-11-12)16(19)15-9-13-5-3-4-6-14(13)17-15/h3-6,12,15,17H,2,7-11H2,1H3. The van der Waals surface area contributed by atoms with Crippen molar-refractivity contribution in [3.8, 4) is 0 Å². The monoisotopic (exact) mass is 274 g/mol. The highest BCUT2D eigenvalue weighted by Crippen LogP contribution is 2.26. The van der Waals surface area contributed by atoms with Crippen LogP contribution in [0.5, 0.6) is 0 Å². The van der Waals surface area contributed by atoms with Crippen LogP contribution in [0.4, 0.5) is 5.69 Å². The van der Waals surface area contributed by atoms with Gasteiger partial charge in [0.1, 0.15) is 6.04 Å². The quantitative estimate of drug-likeness (QED) is 0.912. The fourth-order valence-electron chi connectivity index (χ4n) is 3.08. The van der Waals surface area contributed by atoms with E-state index in [1.165, 1.54) is 5.56 Å². The molecule has 0 aliphatic carbocycles. The van der Waals surface area contributed by atoms with Gasteiger partial charge in [-0.25, -0.2) is 0 Å². The molecule has 0 saturated carbocycles. The second-order valence-electron chi connectivity index (χ2n) is 5.66. The molecule has 108 valence electrons. The van der Waals surface area contributed by atoms with Gasteiger partial charge in [-0.05, 0) is 25.0 Å². The molecule has 0 radical (unpaired) electrons. The fraction of sp³-hybridized carbons (Fsp3) is 0.562. The number of likely N-dealkylation sites (N-methyl/N-ethyl adjacent to an activating group) is 1. The number of rotatable bonds is 4. The van der Waals surface area contributed by atoms with Gasteiger partial charge in [-0.1, -0.05) is 18.2 Å². The Morgan fingerprint density at radius 3 is 3.00 bits per heavy atom. The smallest absolute Gasteiger partial charge is 0.245 e. The SMILES string of the molecule is CCN(CC1CCOC1)C(=O)C1Cc2ccccc2N1. The first-order chi connectivity index (χ1) is 9.78. The Morgan fingerprint density at radius 1 is 1.45 bits per heavy atom. The Morgan fingerprint density at radius 2 is 2.30 bits per heavy atom. The third-order valence-corrected chi connectivity index (χ3v) is 4.27. The van der Waals surface area contributed by atoms with Gasteiger partial charge in [0.25, 0.3) is 0 Å². The van der Waals surface area contributed by atoms with E-state index in [0.717, 1.165) is 44.8 Å². The van der Waals surface area contributed by atoms with Crippen LogP contribution < -0.4 is 5.32 Å². The van der Waals surface area contributed by atoms with Crippen LogP contribution in [0.15, 0.2) is 24.3 Å². The lowest BCUT2D eigenvalue weighted by Gasteiger charge is -2.26. The average molecular weight is 274 g/mol. The van der Waals surface area contributed by atoms with E-state index in [1.54, 1.807) is 0 Å². The molecular formula is C16H22N2O2. The average Bonchev–Trinajstić information content (AvgIpc) is 3.12. The third kappa shape index (κ3) is 2.66. The van der Waals surface area contributed by atoms with Crippen LogP contribution in [0.1, 0.15) is 18.9 Å². The van der Waals surface area contributed by atoms with Gasteiger partial charge in [0.15, 0.2) is 0 Å². The molecule has 0 bridgehead atoms. The van der Waals surface area contributed by atoms with E-state index in [-0.39, 0.29) is 11.9 Å². The number of nitrogens with zero attached hydrogens (tertiary/aromatic N) is 1.